The molecule has 0 radical (unpaired) electrons. The van der Waals surface area contributed by atoms with Gasteiger partial charge in [0.05, 0.1) is 18.6 Å². The monoisotopic (exact) mass is 299 g/mol. The summed E-state index contributed by atoms with van der Waals surface area (Å²) in [5.41, 5.74) is 1.00. The molecule has 0 aliphatic carbocycles. The average molecular weight is 299 g/mol. The number of benzene rings is 1. The van der Waals surface area contributed by atoms with E-state index in [1.54, 1.807) is 18.3 Å². The lowest BCUT2D eigenvalue weighted by Gasteiger charge is -2.16. The molecular formula is C16H14FN3O2. The SMILES string of the molecule is COC(=O)C(CNc1ncccc1C#N)c1ccc(F)cc1. The molecule has 5 nitrogen and oxygen atoms in total. The van der Waals surface area contributed by atoms with E-state index in [0.29, 0.717) is 16.9 Å². The Morgan fingerprint density at radius 1 is 1.41 bits per heavy atom. The van der Waals surface area contributed by atoms with Gasteiger partial charge in [-0.3, -0.25) is 4.79 Å². The van der Waals surface area contributed by atoms with Gasteiger partial charge in [-0.1, -0.05) is 12.1 Å². The first-order chi connectivity index (χ1) is 10.7. The molecule has 1 aromatic heterocycles. The molecule has 1 N–H and O–H groups in total. The van der Waals surface area contributed by atoms with Crippen LogP contribution in [0.2, 0.25) is 0 Å². The summed E-state index contributed by atoms with van der Waals surface area (Å²) in [4.78, 5) is 16.0. The summed E-state index contributed by atoms with van der Waals surface area (Å²) in [6, 6.07) is 10.9. The quantitative estimate of drug-likeness (QED) is 0.858. The highest BCUT2D eigenvalue weighted by atomic mass is 19.1. The molecule has 0 saturated carbocycles. The first-order valence-electron chi connectivity index (χ1n) is 6.58. The largest absolute Gasteiger partial charge is 0.468 e. The number of aromatic nitrogens is 1. The number of halogens is 1. The van der Waals surface area contributed by atoms with Crippen molar-refractivity contribution in [2.75, 3.05) is 19.0 Å². The fraction of sp³-hybridized carbons (Fsp3) is 0.188. The highest BCUT2D eigenvalue weighted by Gasteiger charge is 2.22. The van der Waals surface area contributed by atoms with E-state index in [0.717, 1.165) is 0 Å². The maximum absolute atomic E-state index is 13.0. The third-order valence-corrected chi connectivity index (χ3v) is 3.16. The van der Waals surface area contributed by atoms with Crippen LogP contribution in [0.1, 0.15) is 17.0 Å². The topological polar surface area (TPSA) is 75.0 Å². The van der Waals surface area contributed by atoms with Crippen LogP contribution < -0.4 is 5.32 Å². The molecule has 1 atom stereocenters. The molecule has 0 spiro atoms. The van der Waals surface area contributed by atoms with Crippen LogP contribution in [-0.2, 0) is 9.53 Å². The van der Waals surface area contributed by atoms with E-state index in [2.05, 4.69) is 10.3 Å². The van der Waals surface area contributed by atoms with Crippen molar-refractivity contribution in [3.63, 3.8) is 0 Å². The number of anilines is 1. The zero-order valence-corrected chi connectivity index (χ0v) is 11.9. The van der Waals surface area contributed by atoms with Gasteiger partial charge in [0.2, 0.25) is 0 Å². The third kappa shape index (κ3) is 3.58. The van der Waals surface area contributed by atoms with Crippen LogP contribution in [0.25, 0.3) is 0 Å². The lowest BCUT2D eigenvalue weighted by molar-refractivity contribution is -0.142. The van der Waals surface area contributed by atoms with Crippen LogP contribution in [0.3, 0.4) is 0 Å². The molecule has 1 aromatic carbocycles. The van der Waals surface area contributed by atoms with Crippen molar-refractivity contribution in [3.05, 3.63) is 59.5 Å². The molecule has 0 saturated heterocycles. The van der Waals surface area contributed by atoms with E-state index < -0.39 is 11.9 Å². The van der Waals surface area contributed by atoms with Crippen molar-refractivity contribution in [1.29, 1.82) is 5.26 Å². The second-order valence-corrected chi connectivity index (χ2v) is 4.52. The van der Waals surface area contributed by atoms with Crippen molar-refractivity contribution < 1.29 is 13.9 Å². The Bertz CT molecular complexity index is 695. The van der Waals surface area contributed by atoms with Crippen molar-refractivity contribution in [1.82, 2.24) is 4.98 Å². The second-order valence-electron chi connectivity index (χ2n) is 4.52. The number of rotatable bonds is 5. The lowest BCUT2D eigenvalue weighted by Crippen LogP contribution is -2.23. The molecule has 1 heterocycles. The summed E-state index contributed by atoms with van der Waals surface area (Å²) in [7, 11) is 1.29. The van der Waals surface area contributed by atoms with Crippen LogP contribution in [0.15, 0.2) is 42.6 Å². The highest BCUT2D eigenvalue weighted by Crippen LogP contribution is 2.20. The van der Waals surface area contributed by atoms with E-state index in [1.165, 1.54) is 31.4 Å². The summed E-state index contributed by atoms with van der Waals surface area (Å²) in [6.45, 7) is 0.185. The molecule has 112 valence electrons. The molecule has 0 fully saturated rings. The molecule has 6 heteroatoms. The molecule has 22 heavy (non-hydrogen) atoms. The van der Waals surface area contributed by atoms with Crippen LogP contribution in [0, 0.1) is 17.1 Å². The Hall–Kier alpha value is -2.94. The van der Waals surface area contributed by atoms with Crippen LogP contribution in [0.4, 0.5) is 10.2 Å². The molecule has 1 unspecified atom stereocenters. The van der Waals surface area contributed by atoms with E-state index in [-0.39, 0.29) is 12.4 Å². The van der Waals surface area contributed by atoms with Crippen molar-refractivity contribution in [3.8, 4) is 6.07 Å². The smallest absolute Gasteiger partial charge is 0.314 e. The first-order valence-corrected chi connectivity index (χ1v) is 6.58. The summed E-state index contributed by atoms with van der Waals surface area (Å²) in [5, 5.41) is 12.0. The van der Waals surface area contributed by atoms with Crippen molar-refractivity contribution >= 4 is 11.8 Å². The standard InChI is InChI=1S/C16H14FN3O2/c1-22-16(21)14(11-4-6-13(17)7-5-11)10-20-15-12(9-18)3-2-8-19-15/h2-8,14H,10H2,1H3,(H,19,20). The van der Waals surface area contributed by atoms with E-state index in [4.69, 9.17) is 10.00 Å². The molecule has 0 aliphatic rings. The fourth-order valence-corrected chi connectivity index (χ4v) is 2.01. The Kier molecular flexibility index (Phi) is 5.04. The number of ether oxygens (including phenoxy) is 1. The van der Waals surface area contributed by atoms with Gasteiger partial charge >= 0.3 is 5.97 Å². The Morgan fingerprint density at radius 3 is 2.77 bits per heavy atom. The summed E-state index contributed by atoms with van der Waals surface area (Å²) in [6.07, 6.45) is 1.55. The minimum Gasteiger partial charge on any atom is -0.468 e. The first kappa shape index (κ1) is 15.4. The van der Waals surface area contributed by atoms with Crippen LogP contribution in [-0.4, -0.2) is 24.6 Å². The average Bonchev–Trinajstić information content (AvgIpc) is 2.56. The maximum Gasteiger partial charge on any atom is 0.314 e. The number of carbonyl (C=O) groups excluding carboxylic acids is 1. The molecule has 0 bridgehead atoms. The van der Waals surface area contributed by atoms with Gasteiger partial charge in [0.15, 0.2) is 0 Å². The van der Waals surface area contributed by atoms with E-state index >= 15 is 0 Å². The molecule has 2 rings (SSSR count). The number of carbonyl (C=O) groups is 1. The van der Waals surface area contributed by atoms with Gasteiger partial charge in [-0.2, -0.15) is 5.26 Å². The van der Waals surface area contributed by atoms with E-state index in [9.17, 15) is 9.18 Å². The minimum atomic E-state index is -0.626. The van der Waals surface area contributed by atoms with Gasteiger partial charge in [0.25, 0.3) is 0 Å². The number of nitrogens with zero attached hydrogens (tertiary/aromatic N) is 2. The van der Waals surface area contributed by atoms with Gasteiger partial charge in [-0.15, -0.1) is 0 Å². The number of pyridine rings is 1. The predicted molar refractivity (Wildman–Crippen MR) is 78.6 cm³/mol. The van der Waals surface area contributed by atoms with Gasteiger partial charge in [0, 0.05) is 12.7 Å². The molecule has 0 amide bonds. The number of hydrogen-bond donors (Lipinski definition) is 1. The predicted octanol–water partition coefficient (Wildman–Crippen LogP) is 2.46. The summed E-state index contributed by atoms with van der Waals surface area (Å²) in [5.74, 6) is -1.06. The zero-order valence-electron chi connectivity index (χ0n) is 11.9. The number of hydrogen-bond acceptors (Lipinski definition) is 5. The summed E-state index contributed by atoms with van der Waals surface area (Å²) >= 11 is 0. The lowest BCUT2D eigenvalue weighted by atomic mass is 9.99. The highest BCUT2D eigenvalue weighted by molar-refractivity contribution is 5.79. The molecular weight excluding hydrogens is 285 g/mol. The number of nitrogens with one attached hydrogen (secondary N) is 1. The maximum atomic E-state index is 13.0. The number of methoxy groups -OCH3 is 1. The molecule has 2 aromatic rings. The Morgan fingerprint density at radius 2 is 2.14 bits per heavy atom. The summed E-state index contributed by atoms with van der Waals surface area (Å²) < 4.78 is 17.8. The Labute approximate surface area is 127 Å². The number of nitriles is 1. The van der Waals surface area contributed by atoms with Crippen molar-refractivity contribution in [2.45, 2.75) is 5.92 Å². The van der Waals surface area contributed by atoms with Gasteiger partial charge < -0.3 is 10.1 Å². The van der Waals surface area contributed by atoms with Crippen LogP contribution in [0.5, 0.6) is 0 Å². The normalized spacial score (nSPS) is 11.3. The fourth-order valence-electron chi connectivity index (χ4n) is 2.01. The Balaban J connectivity index is 2.19. The van der Waals surface area contributed by atoms with E-state index in [1.807, 2.05) is 6.07 Å². The molecule has 0 aliphatic heterocycles. The zero-order chi connectivity index (χ0) is 15.9. The number of esters is 1. The van der Waals surface area contributed by atoms with Gasteiger partial charge in [-0.25, -0.2) is 9.37 Å². The van der Waals surface area contributed by atoms with Crippen molar-refractivity contribution in [2.24, 2.45) is 0 Å². The minimum absolute atomic E-state index is 0.185. The third-order valence-electron chi connectivity index (χ3n) is 3.16. The second kappa shape index (κ2) is 7.18. The van der Waals surface area contributed by atoms with Gasteiger partial charge in [0.1, 0.15) is 17.7 Å². The van der Waals surface area contributed by atoms with Gasteiger partial charge in [-0.05, 0) is 29.8 Å². The van der Waals surface area contributed by atoms with Crippen LogP contribution >= 0.6 is 0 Å².